The van der Waals surface area contributed by atoms with Gasteiger partial charge in [-0.1, -0.05) is 24.3 Å². The first kappa shape index (κ1) is 24.0. The maximum Gasteiger partial charge on any atom is 0.309 e. The lowest BCUT2D eigenvalue weighted by atomic mass is 10.0. The van der Waals surface area contributed by atoms with Gasteiger partial charge in [-0.3, -0.25) is 14.4 Å². The number of carbonyl (C=O) groups is 2. The van der Waals surface area contributed by atoms with Crippen molar-refractivity contribution in [2.45, 2.75) is 38.1 Å². The molecule has 2 heterocycles. The Bertz CT molecular complexity index is 1640. The van der Waals surface area contributed by atoms with Crippen LogP contribution in [-0.4, -0.2) is 34.1 Å². The minimum Gasteiger partial charge on any atom is -0.466 e. The lowest BCUT2D eigenvalue weighted by molar-refractivity contribution is -0.144. The highest BCUT2D eigenvalue weighted by Crippen LogP contribution is 2.49. The fourth-order valence-electron chi connectivity index (χ4n) is 4.90. The summed E-state index contributed by atoms with van der Waals surface area (Å²) in [5, 5.41) is 3.24. The molecule has 0 aliphatic heterocycles. The van der Waals surface area contributed by atoms with Crippen molar-refractivity contribution in [2.75, 3.05) is 6.61 Å². The number of amides is 1. The van der Waals surface area contributed by atoms with Crippen molar-refractivity contribution >= 4 is 22.9 Å². The zero-order valence-corrected chi connectivity index (χ0v) is 20.8. The van der Waals surface area contributed by atoms with Crippen molar-refractivity contribution in [2.24, 2.45) is 5.92 Å². The van der Waals surface area contributed by atoms with Gasteiger partial charge in [0.25, 0.3) is 5.91 Å². The van der Waals surface area contributed by atoms with Crippen LogP contribution in [-0.2, 0) is 9.53 Å². The number of hydrogen-bond donors (Lipinski definition) is 1. The van der Waals surface area contributed by atoms with Crippen LogP contribution in [0.2, 0.25) is 0 Å². The van der Waals surface area contributed by atoms with Crippen LogP contribution in [0, 0.1) is 11.7 Å². The third kappa shape index (κ3) is 4.47. The quantitative estimate of drug-likeness (QED) is 0.362. The molecule has 8 heteroatoms. The number of halogens is 1. The standard InChI is InChI=1S/C30H26FN3O4/c1-2-38-30(37)24-15-23(24)21-11-8-18(14-26(21)31)17-5-3-6-20(13-17)34-16-25(29(36)33-19-9-10-19)27(35)22-7-4-12-32-28(22)34/h3-8,11-14,16,19,23-24H,2,9-10,15H2,1H3,(H,33,36)/t23?,24-/m1/s1. The van der Waals surface area contributed by atoms with Crippen molar-refractivity contribution in [3.05, 3.63) is 94.2 Å². The average molecular weight is 512 g/mol. The Morgan fingerprint density at radius 1 is 1.11 bits per heavy atom. The fraction of sp³-hybridized carbons (Fsp3) is 0.267. The first-order chi connectivity index (χ1) is 18.4. The van der Waals surface area contributed by atoms with Crippen LogP contribution >= 0.6 is 0 Å². The van der Waals surface area contributed by atoms with Crippen LogP contribution in [0.5, 0.6) is 0 Å². The second-order valence-electron chi connectivity index (χ2n) is 9.85. The predicted molar refractivity (Wildman–Crippen MR) is 141 cm³/mol. The van der Waals surface area contributed by atoms with Crippen molar-refractivity contribution < 1.29 is 18.7 Å². The van der Waals surface area contributed by atoms with E-state index in [2.05, 4.69) is 10.3 Å². The van der Waals surface area contributed by atoms with Crippen LogP contribution in [0.15, 0.2) is 71.8 Å². The summed E-state index contributed by atoms with van der Waals surface area (Å²) in [4.78, 5) is 42.4. The lowest BCUT2D eigenvalue weighted by Crippen LogP contribution is -2.31. The minimum atomic E-state index is -0.396. The van der Waals surface area contributed by atoms with Gasteiger partial charge >= 0.3 is 5.97 Å². The maximum atomic E-state index is 15.1. The molecule has 2 atom stereocenters. The molecule has 2 aliphatic rings. The maximum absolute atomic E-state index is 15.1. The molecule has 0 radical (unpaired) electrons. The van der Waals surface area contributed by atoms with Gasteiger partial charge in [0.2, 0.25) is 5.43 Å². The lowest BCUT2D eigenvalue weighted by Gasteiger charge is -2.14. The third-order valence-electron chi connectivity index (χ3n) is 7.16. The van der Waals surface area contributed by atoms with Gasteiger partial charge < -0.3 is 14.6 Å². The Labute approximate surface area is 218 Å². The minimum absolute atomic E-state index is 0.0544. The van der Waals surface area contributed by atoms with Gasteiger partial charge in [0.05, 0.1) is 17.9 Å². The van der Waals surface area contributed by atoms with Crippen LogP contribution in [0.25, 0.3) is 27.8 Å². The second kappa shape index (κ2) is 9.52. The largest absolute Gasteiger partial charge is 0.466 e. The van der Waals surface area contributed by atoms with E-state index in [1.54, 1.807) is 35.9 Å². The molecular formula is C30H26FN3O4. The van der Waals surface area contributed by atoms with Gasteiger partial charge in [0, 0.05) is 30.0 Å². The molecule has 192 valence electrons. The molecule has 2 fully saturated rings. The Morgan fingerprint density at radius 2 is 1.92 bits per heavy atom. The Balaban J connectivity index is 1.36. The summed E-state index contributed by atoms with van der Waals surface area (Å²) in [6.07, 6.45) is 5.55. The van der Waals surface area contributed by atoms with Crippen LogP contribution in [0.3, 0.4) is 0 Å². The van der Waals surface area contributed by atoms with Crippen molar-refractivity contribution in [3.63, 3.8) is 0 Å². The molecule has 6 rings (SSSR count). The molecule has 0 spiro atoms. The normalized spacial score (nSPS) is 18.3. The molecule has 1 N–H and O–H groups in total. The highest BCUT2D eigenvalue weighted by molar-refractivity contribution is 5.97. The highest BCUT2D eigenvalue weighted by atomic mass is 19.1. The highest BCUT2D eigenvalue weighted by Gasteiger charge is 2.46. The molecule has 0 saturated heterocycles. The molecule has 7 nitrogen and oxygen atoms in total. The van der Waals surface area contributed by atoms with Gasteiger partial charge in [-0.2, -0.15) is 0 Å². The van der Waals surface area contributed by atoms with E-state index in [0.29, 0.717) is 40.9 Å². The number of rotatable bonds is 7. The summed E-state index contributed by atoms with van der Waals surface area (Å²) >= 11 is 0. The Hall–Kier alpha value is -4.33. The molecule has 0 bridgehead atoms. The number of hydrogen-bond acceptors (Lipinski definition) is 5. The topological polar surface area (TPSA) is 90.3 Å². The number of aromatic nitrogens is 2. The molecule has 4 aromatic rings. The number of ether oxygens (including phenoxy) is 1. The molecule has 1 amide bonds. The van der Waals surface area contributed by atoms with E-state index in [0.717, 1.165) is 18.4 Å². The van der Waals surface area contributed by atoms with E-state index >= 15 is 4.39 Å². The van der Waals surface area contributed by atoms with Crippen molar-refractivity contribution in [1.29, 1.82) is 0 Å². The summed E-state index contributed by atoms with van der Waals surface area (Å²) in [5.74, 6) is -1.48. The molecule has 2 aromatic carbocycles. The first-order valence-corrected chi connectivity index (χ1v) is 12.8. The fourth-order valence-corrected chi connectivity index (χ4v) is 4.90. The second-order valence-corrected chi connectivity index (χ2v) is 9.85. The zero-order chi connectivity index (χ0) is 26.4. The van der Waals surface area contributed by atoms with E-state index < -0.39 is 5.91 Å². The first-order valence-electron chi connectivity index (χ1n) is 12.8. The summed E-state index contributed by atoms with van der Waals surface area (Å²) < 4.78 is 21.9. The molecule has 2 saturated carbocycles. The average Bonchev–Trinajstić information content (AvgIpc) is 3.85. The van der Waals surface area contributed by atoms with Crippen LogP contribution < -0.4 is 10.7 Å². The van der Waals surface area contributed by atoms with Gasteiger partial charge in [0.1, 0.15) is 17.0 Å². The van der Waals surface area contributed by atoms with Gasteiger partial charge in [0.15, 0.2) is 0 Å². The van der Waals surface area contributed by atoms with Gasteiger partial charge in [-0.25, -0.2) is 9.37 Å². The van der Waals surface area contributed by atoms with E-state index in [9.17, 15) is 14.4 Å². The number of nitrogens with one attached hydrogen (secondary N) is 1. The SMILES string of the molecule is CCOC(=O)[C@@H]1CC1c1ccc(-c2cccc(-n3cc(C(=O)NC4CC4)c(=O)c4cccnc43)c2)cc1F. The van der Waals surface area contributed by atoms with Crippen LogP contribution in [0.4, 0.5) is 4.39 Å². The summed E-state index contributed by atoms with van der Waals surface area (Å²) in [6.45, 7) is 2.07. The number of pyridine rings is 2. The monoisotopic (exact) mass is 511 g/mol. The number of benzene rings is 2. The summed E-state index contributed by atoms with van der Waals surface area (Å²) in [5.41, 5.74) is 2.75. The molecule has 1 unspecified atom stereocenters. The van der Waals surface area contributed by atoms with E-state index in [1.165, 1.54) is 12.3 Å². The molecule has 38 heavy (non-hydrogen) atoms. The smallest absolute Gasteiger partial charge is 0.309 e. The van der Waals surface area contributed by atoms with Crippen molar-refractivity contribution in [3.8, 4) is 16.8 Å². The number of nitrogens with zero attached hydrogens (tertiary/aromatic N) is 2. The predicted octanol–water partition coefficient (Wildman–Crippen LogP) is 4.75. The van der Waals surface area contributed by atoms with E-state index in [1.807, 2.05) is 30.3 Å². The molecular weight excluding hydrogens is 485 g/mol. The van der Waals surface area contributed by atoms with Gasteiger partial charge in [-0.15, -0.1) is 0 Å². The van der Waals surface area contributed by atoms with Crippen molar-refractivity contribution in [1.82, 2.24) is 14.9 Å². The number of fused-ring (bicyclic) bond motifs is 1. The van der Waals surface area contributed by atoms with Gasteiger partial charge in [-0.05, 0) is 73.2 Å². The summed E-state index contributed by atoms with van der Waals surface area (Å²) in [6, 6.07) is 15.9. The van der Waals surface area contributed by atoms with E-state index in [4.69, 9.17) is 4.74 Å². The molecule has 2 aromatic heterocycles. The Kier molecular flexibility index (Phi) is 6.02. The van der Waals surface area contributed by atoms with Crippen LogP contribution in [0.1, 0.15) is 48.0 Å². The number of esters is 1. The van der Waals surface area contributed by atoms with E-state index in [-0.39, 0.29) is 40.7 Å². The molecule has 2 aliphatic carbocycles. The number of carbonyl (C=O) groups excluding carboxylic acids is 2. The summed E-state index contributed by atoms with van der Waals surface area (Å²) in [7, 11) is 0. The third-order valence-corrected chi connectivity index (χ3v) is 7.16. The zero-order valence-electron chi connectivity index (χ0n) is 20.8. The Morgan fingerprint density at radius 3 is 2.68 bits per heavy atom.